The van der Waals surface area contributed by atoms with Gasteiger partial charge in [0.25, 0.3) is 0 Å². The van der Waals surface area contributed by atoms with Crippen molar-refractivity contribution >= 4 is 0 Å². The fourth-order valence-corrected chi connectivity index (χ4v) is 1.34. The predicted octanol–water partition coefficient (Wildman–Crippen LogP) is 0.768. The molecule has 1 fully saturated rings. The van der Waals surface area contributed by atoms with Gasteiger partial charge in [-0.15, -0.1) is 0 Å². The van der Waals surface area contributed by atoms with Crippen LogP contribution in [0, 0.1) is 5.92 Å². The first-order chi connectivity index (χ1) is 5.36. The van der Waals surface area contributed by atoms with Gasteiger partial charge in [0, 0.05) is 19.6 Å². The summed E-state index contributed by atoms with van der Waals surface area (Å²) in [5, 5.41) is 8.65. The van der Waals surface area contributed by atoms with E-state index in [2.05, 4.69) is 0 Å². The van der Waals surface area contributed by atoms with Gasteiger partial charge in [-0.2, -0.15) is 0 Å². The Morgan fingerprint density at radius 2 is 2.45 bits per heavy atom. The summed E-state index contributed by atoms with van der Waals surface area (Å²) in [6.45, 7) is 3.66. The van der Waals surface area contributed by atoms with Crippen LogP contribution in [0.15, 0.2) is 0 Å². The van der Waals surface area contributed by atoms with Crippen LogP contribution < -0.4 is 0 Å². The molecule has 66 valence electrons. The second-order valence-electron chi connectivity index (χ2n) is 2.83. The zero-order valence-electron chi connectivity index (χ0n) is 6.95. The van der Waals surface area contributed by atoms with Crippen LogP contribution >= 0.6 is 0 Å². The molecule has 11 heavy (non-hydrogen) atoms. The third kappa shape index (κ3) is 2.77. The fraction of sp³-hybridized carbons (Fsp3) is 1.00. The van der Waals surface area contributed by atoms with Crippen LogP contribution in [0.1, 0.15) is 19.8 Å². The highest BCUT2D eigenvalue weighted by atomic mass is 16.7. The highest BCUT2D eigenvalue weighted by Crippen LogP contribution is 2.22. The molecule has 0 aromatic carbocycles. The van der Waals surface area contributed by atoms with Crippen molar-refractivity contribution in [3.63, 3.8) is 0 Å². The first kappa shape index (κ1) is 8.97. The highest BCUT2D eigenvalue weighted by molar-refractivity contribution is 4.67. The lowest BCUT2D eigenvalue weighted by Gasteiger charge is -2.07. The molecular formula is C8H16O3. The molecule has 1 heterocycles. The molecule has 1 rings (SSSR count). The van der Waals surface area contributed by atoms with Crippen LogP contribution in [0.5, 0.6) is 0 Å². The van der Waals surface area contributed by atoms with Gasteiger partial charge in [0.2, 0.25) is 0 Å². The molecule has 3 nitrogen and oxygen atoms in total. The topological polar surface area (TPSA) is 38.7 Å². The molecule has 0 radical (unpaired) electrons. The lowest BCUT2D eigenvalue weighted by Crippen LogP contribution is -2.10. The fourth-order valence-electron chi connectivity index (χ4n) is 1.34. The zero-order chi connectivity index (χ0) is 8.10. The second kappa shape index (κ2) is 4.70. The summed E-state index contributed by atoms with van der Waals surface area (Å²) in [7, 11) is 0. The lowest BCUT2D eigenvalue weighted by molar-refractivity contribution is -0.106. The monoisotopic (exact) mass is 160 g/mol. The maximum absolute atomic E-state index is 8.65. The van der Waals surface area contributed by atoms with E-state index in [1.807, 2.05) is 6.92 Å². The van der Waals surface area contributed by atoms with Crippen molar-refractivity contribution in [1.29, 1.82) is 0 Å². The molecule has 0 aliphatic carbocycles. The van der Waals surface area contributed by atoms with Gasteiger partial charge in [-0.25, -0.2) is 0 Å². The lowest BCUT2D eigenvalue weighted by atomic mass is 10.1. The van der Waals surface area contributed by atoms with E-state index >= 15 is 0 Å². The minimum atomic E-state index is -0.0171. The van der Waals surface area contributed by atoms with Crippen LogP contribution in [-0.2, 0) is 9.47 Å². The van der Waals surface area contributed by atoms with Crippen molar-refractivity contribution in [2.24, 2.45) is 5.92 Å². The standard InChI is InChI=1S/C8H16O3/c1-2-10-8-5-7(3-4-9)6-11-8/h7-9H,2-6H2,1H3/t7-,8+/m1/s1. The van der Waals surface area contributed by atoms with Crippen LogP contribution in [0.2, 0.25) is 0 Å². The average Bonchev–Trinajstić information content (AvgIpc) is 2.38. The van der Waals surface area contributed by atoms with Gasteiger partial charge in [0.1, 0.15) is 0 Å². The van der Waals surface area contributed by atoms with Gasteiger partial charge >= 0.3 is 0 Å². The number of aliphatic hydroxyl groups is 1. The molecule has 1 N–H and O–H groups in total. The Morgan fingerprint density at radius 3 is 3.09 bits per heavy atom. The molecule has 0 saturated carbocycles. The predicted molar refractivity (Wildman–Crippen MR) is 41.2 cm³/mol. The summed E-state index contributed by atoms with van der Waals surface area (Å²) < 4.78 is 10.6. The van der Waals surface area contributed by atoms with Crippen LogP contribution in [0.3, 0.4) is 0 Å². The van der Waals surface area contributed by atoms with E-state index in [-0.39, 0.29) is 12.9 Å². The number of hydrogen-bond acceptors (Lipinski definition) is 3. The molecule has 1 saturated heterocycles. The first-order valence-electron chi connectivity index (χ1n) is 4.21. The van der Waals surface area contributed by atoms with E-state index in [0.29, 0.717) is 12.5 Å². The van der Waals surface area contributed by atoms with Crippen molar-refractivity contribution in [1.82, 2.24) is 0 Å². The number of hydrogen-bond donors (Lipinski definition) is 1. The van der Waals surface area contributed by atoms with Gasteiger partial charge in [0.05, 0.1) is 6.61 Å². The summed E-state index contributed by atoms with van der Waals surface area (Å²) in [5.74, 6) is 0.497. The Hall–Kier alpha value is -0.120. The van der Waals surface area contributed by atoms with Gasteiger partial charge in [-0.1, -0.05) is 0 Å². The van der Waals surface area contributed by atoms with E-state index in [1.165, 1.54) is 0 Å². The van der Waals surface area contributed by atoms with Gasteiger partial charge in [-0.3, -0.25) is 0 Å². The molecule has 0 aromatic heterocycles. The Balaban J connectivity index is 2.12. The summed E-state index contributed by atoms with van der Waals surface area (Å²) in [5.41, 5.74) is 0. The molecule has 2 atom stereocenters. The van der Waals surface area contributed by atoms with Crippen LogP contribution in [0.4, 0.5) is 0 Å². The molecule has 3 heteroatoms. The minimum Gasteiger partial charge on any atom is -0.396 e. The van der Waals surface area contributed by atoms with E-state index in [1.54, 1.807) is 0 Å². The molecule has 0 unspecified atom stereocenters. The van der Waals surface area contributed by atoms with Gasteiger partial charge in [-0.05, 0) is 19.3 Å². The first-order valence-corrected chi connectivity index (χ1v) is 4.21. The van der Waals surface area contributed by atoms with Crippen molar-refractivity contribution in [3.05, 3.63) is 0 Å². The smallest absolute Gasteiger partial charge is 0.157 e. The molecule has 0 bridgehead atoms. The quantitative estimate of drug-likeness (QED) is 0.660. The van der Waals surface area contributed by atoms with E-state index < -0.39 is 0 Å². The Bertz CT molecular complexity index is 93.5. The van der Waals surface area contributed by atoms with Crippen LogP contribution in [-0.4, -0.2) is 31.2 Å². The maximum Gasteiger partial charge on any atom is 0.157 e. The third-order valence-corrected chi connectivity index (χ3v) is 1.93. The number of rotatable bonds is 4. The largest absolute Gasteiger partial charge is 0.396 e. The summed E-state index contributed by atoms with van der Waals surface area (Å²) in [4.78, 5) is 0. The van der Waals surface area contributed by atoms with E-state index in [9.17, 15) is 0 Å². The van der Waals surface area contributed by atoms with E-state index in [4.69, 9.17) is 14.6 Å². The van der Waals surface area contributed by atoms with Gasteiger partial charge in [0.15, 0.2) is 6.29 Å². The van der Waals surface area contributed by atoms with Crippen molar-refractivity contribution in [2.75, 3.05) is 19.8 Å². The molecule has 0 amide bonds. The minimum absolute atomic E-state index is 0.0171. The van der Waals surface area contributed by atoms with Crippen molar-refractivity contribution in [2.45, 2.75) is 26.1 Å². The molecular weight excluding hydrogens is 144 g/mol. The second-order valence-corrected chi connectivity index (χ2v) is 2.83. The summed E-state index contributed by atoms with van der Waals surface area (Å²) in [6.07, 6.45) is 1.76. The van der Waals surface area contributed by atoms with Crippen molar-refractivity contribution in [3.8, 4) is 0 Å². The highest BCUT2D eigenvalue weighted by Gasteiger charge is 2.24. The van der Waals surface area contributed by atoms with Gasteiger partial charge < -0.3 is 14.6 Å². The number of aliphatic hydroxyl groups excluding tert-OH is 1. The maximum atomic E-state index is 8.65. The Morgan fingerprint density at radius 1 is 1.64 bits per heavy atom. The third-order valence-electron chi connectivity index (χ3n) is 1.93. The number of ether oxygens (including phenoxy) is 2. The zero-order valence-corrected chi connectivity index (χ0v) is 6.95. The summed E-state index contributed by atoms with van der Waals surface area (Å²) in [6, 6.07) is 0. The molecule has 1 aliphatic heterocycles. The molecule has 0 spiro atoms. The molecule has 1 aliphatic rings. The normalized spacial score (nSPS) is 31.1. The SMILES string of the molecule is CCO[C@@H]1C[C@@H](CCO)CO1. The Kier molecular flexibility index (Phi) is 3.83. The van der Waals surface area contributed by atoms with Crippen molar-refractivity contribution < 1.29 is 14.6 Å². The van der Waals surface area contributed by atoms with E-state index in [0.717, 1.165) is 19.4 Å². The van der Waals surface area contributed by atoms with Crippen LogP contribution in [0.25, 0.3) is 0 Å². The average molecular weight is 160 g/mol. The summed E-state index contributed by atoms with van der Waals surface area (Å²) >= 11 is 0. The Labute approximate surface area is 67.3 Å². The molecule has 0 aromatic rings.